The summed E-state index contributed by atoms with van der Waals surface area (Å²) in [5.74, 6) is -0.464. The van der Waals surface area contributed by atoms with E-state index in [2.05, 4.69) is 0 Å². The van der Waals surface area contributed by atoms with Crippen molar-refractivity contribution < 1.29 is 9.50 Å². The van der Waals surface area contributed by atoms with E-state index in [0.29, 0.717) is 6.54 Å². The van der Waals surface area contributed by atoms with Crippen LogP contribution in [0.1, 0.15) is 6.92 Å². The summed E-state index contributed by atoms with van der Waals surface area (Å²) >= 11 is 0. The predicted octanol–water partition coefficient (Wildman–Crippen LogP) is 0.782. The molecule has 0 heterocycles. The summed E-state index contributed by atoms with van der Waals surface area (Å²) in [5.41, 5.74) is 0. The normalized spacial score (nSPS) is 16.0. The number of hydrogen-bond donors (Lipinski definition) is 1. The van der Waals surface area contributed by atoms with Gasteiger partial charge in [0.1, 0.15) is 11.9 Å². The molecule has 0 bridgehead atoms. The predicted molar refractivity (Wildman–Crippen MR) is 39.4 cm³/mol. The molecule has 0 aliphatic carbocycles. The molecule has 0 aliphatic rings. The molecule has 3 heteroatoms. The fourth-order valence-corrected chi connectivity index (χ4v) is 0.440. The lowest BCUT2D eigenvalue weighted by Gasteiger charge is -2.05. The van der Waals surface area contributed by atoms with Crippen LogP contribution in [0.25, 0.3) is 0 Å². The van der Waals surface area contributed by atoms with Gasteiger partial charge in [-0.05, 0) is 27.1 Å². The lowest BCUT2D eigenvalue weighted by atomic mass is 10.3. The molecule has 0 saturated carbocycles. The molecule has 0 amide bonds. The highest BCUT2D eigenvalue weighted by Crippen LogP contribution is 2.01. The molecule has 10 heavy (non-hydrogen) atoms. The Kier molecular flexibility index (Phi) is 4.23. The highest BCUT2D eigenvalue weighted by Gasteiger charge is 2.01. The molecule has 1 atom stereocenters. The molecule has 0 aromatic heterocycles. The van der Waals surface area contributed by atoms with E-state index in [1.807, 2.05) is 19.0 Å². The van der Waals surface area contributed by atoms with Crippen molar-refractivity contribution >= 4 is 0 Å². The Bertz CT molecular complexity index is 121. The first kappa shape index (κ1) is 9.59. The molecular weight excluding hydrogens is 133 g/mol. The smallest absolute Gasteiger partial charge is 0.125 e. The molecule has 1 N–H and O–H groups in total. The Morgan fingerprint density at radius 2 is 2.20 bits per heavy atom. The van der Waals surface area contributed by atoms with Crippen molar-refractivity contribution in [2.45, 2.75) is 13.0 Å². The van der Waals surface area contributed by atoms with Gasteiger partial charge in [0.25, 0.3) is 0 Å². The third-order valence-electron chi connectivity index (χ3n) is 1.05. The Labute approximate surface area is 61.0 Å². The minimum atomic E-state index is -0.972. The van der Waals surface area contributed by atoms with E-state index >= 15 is 0 Å². The molecule has 0 radical (unpaired) electrons. The van der Waals surface area contributed by atoms with Crippen LogP contribution in [0.2, 0.25) is 0 Å². The highest BCUT2D eigenvalue weighted by atomic mass is 19.1. The molecule has 0 saturated heterocycles. The van der Waals surface area contributed by atoms with Crippen LogP contribution in [0.4, 0.5) is 4.39 Å². The molecule has 0 aromatic carbocycles. The summed E-state index contributed by atoms with van der Waals surface area (Å²) in [6, 6.07) is 0. The first-order valence-electron chi connectivity index (χ1n) is 3.22. The van der Waals surface area contributed by atoms with Gasteiger partial charge in [-0.3, -0.25) is 0 Å². The van der Waals surface area contributed by atoms with E-state index in [0.717, 1.165) is 0 Å². The second-order valence-electron chi connectivity index (χ2n) is 2.53. The van der Waals surface area contributed by atoms with Crippen LogP contribution >= 0.6 is 0 Å². The van der Waals surface area contributed by atoms with Crippen LogP contribution in [-0.4, -0.2) is 36.8 Å². The van der Waals surface area contributed by atoms with Crippen molar-refractivity contribution in [3.05, 3.63) is 11.9 Å². The van der Waals surface area contributed by atoms with Gasteiger partial charge in [-0.15, -0.1) is 0 Å². The third kappa shape index (κ3) is 4.47. The Morgan fingerprint density at radius 1 is 1.70 bits per heavy atom. The minimum Gasteiger partial charge on any atom is -0.386 e. The zero-order valence-corrected chi connectivity index (χ0v) is 6.63. The van der Waals surface area contributed by atoms with Gasteiger partial charge in [0.2, 0.25) is 0 Å². The number of nitrogens with zero attached hydrogens (tertiary/aromatic N) is 1. The molecule has 0 aliphatic heterocycles. The fourth-order valence-electron chi connectivity index (χ4n) is 0.440. The van der Waals surface area contributed by atoms with E-state index in [1.54, 1.807) is 0 Å². The molecule has 0 aromatic rings. The van der Waals surface area contributed by atoms with E-state index in [4.69, 9.17) is 5.11 Å². The van der Waals surface area contributed by atoms with Gasteiger partial charge in [0, 0.05) is 6.54 Å². The summed E-state index contributed by atoms with van der Waals surface area (Å²) in [4.78, 5) is 1.82. The SMILES string of the molecule is CC(O)/C(F)=C\CN(C)C. The first-order valence-corrected chi connectivity index (χ1v) is 3.22. The second kappa shape index (κ2) is 4.41. The maximum atomic E-state index is 12.5. The van der Waals surface area contributed by atoms with Crippen molar-refractivity contribution in [1.29, 1.82) is 0 Å². The van der Waals surface area contributed by atoms with Crippen molar-refractivity contribution in [1.82, 2.24) is 4.90 Å². The van der Waals surface area contributed by atoms with E-state index < -0.39 is 11.9 Å². The number of aliphatic hydroxyl groups excluding tert-OH is 1. The largest absolute Gasteiger partial charge is 0.386 e. The Morgan fingerprint density at radius 3 is 2.50 bits per heavy atom. The van der Waals surface area contributed by atoms with Crippen molar-refractivity contribution in [3.63, 3.8) is 0 Å². The topological polar surface area (TPSA) is 23.5 Å². The third-order valence-corrected chi connectivity index (χ3v) is 1.05. The maximum Gasteiger partial charge on any atom is 0.125 e. The molecule has 2 nitrogen and oxygen atoms in total. The monoisotopic (exact) mass is 147 g/mol. The van der Waals surface area contributed by atoms with Crippen molar-refractivity contribution in [2.75, 3.05) is 20.6 Å². The lowest BCUT2D eigenvalue weighted by Crippen LogP contribution is -2.12. The van der Waals surface area contributed by atoms with Gasteiger partial charge < -0.3 is 10.0 Å². The van der Waals surface area contributed by atoms with Crippen LogP contribution < -0.4 is 0 Å². The summed E-state index contributed by atoms with van der Waals surface area (Å²) < 4.78 is 12.5. The van der Waals surface area contributed by atoms with Crippen LogP contribution in [0.3, 0.4) is 0 Å². The average Bonchev–Trinajstić information content (AvgIpc) is 1.82. The van der Waals surface area contributed by atoms with Gasteiger partial charge >= 0.3 is 0 Å². The van der Waals surface area contributed by atoms with Crippen LogP contribution in [0.15, 0.2) is 11.9 Å². The number of hydrogen-bond acceptors (Lipinski definition) is 2. The van der Waals surface area contributed by atoms with Crippen molar-refractivity contribution in [2.24, 2.45) is 0 Å². The Hall–Kier alpha value is -0.410. The first-order chi connectivity index (χ1) is 4.54. The molecule has 0 rings (SSSR count). The van der Waals surface area contributed by atoms with Crippen molar-refractivity contribution in [3.8, 4) is 0 Å². The van der Waals surface area contributed by atoms with E-state index in [9.17, 15) is 4.39 Å². The van der Waals surface area contributed by atoms with E-state index in [-0.39, 0.29) is 0 Å². The summed E-state index contributed by atoms with van der Waals surface area (Å²) in [7, 11) is 3.68. The van der Waals surface area contributed by atoms with Gasteiger partial charge in [-0.25, -0.2) is 4.39 Å². The van der Waals surface area contributed by atoms with Crippen LogP contribution in [-0.2, 0) is 0 Å². The highest BCUT2D eigenvalue weighted by molar-refractivity contribution is 4.97. The van der Waals surface area contributed by atoms with E-state index in [1.165, 1.54) is 13.0 Å². The van der Waals surface area contributed by atoms with Gasteiger partial charge in [0.15, 0.2) is 0 Å². The maximum absolute atomic E-state index is 12.5. The Balaban J connectivity index is 3.69. The summed E-state index contributed by atoms with van der Waals surface area (Å²) in [6.07, 6.45) is 0.393. The van der Waals surface area contributed by atoms with Gasteiger partial charge in [-0.2, -0.15) is 0 Å². The average molecular weight is 147 g/mol. The summed E-state index contributed by atoms with van der Waals surface area (Å²) in [6.45, 7) is 1.93. The molecular formula is C7H14FNO. The number of halogens is 1. The minimum absolute atomic E-state index is 0.464. The van der Waals surface area contributed by atoms with Crippen LogP contribution in [0.5, 0.6) is 0 Å². The second-order valence-corrected chi connectivity index (χ2v) is 2.53. The van der Waals surface area contributed by atoms with Crippen LogP contribution in [0, 0.1) is 0 Å². The fraction of sp³-hybridized carbons (Fsp3) is 0.714. The molecule has 0 spiro atoms. The quantitative estimate of drug-likeness (QED) is 0.637. The standard InChI is InChI=1S/C7H14FNO/c1-6(10)7(8)4-5-9(2)3/h4,6,10H,5H2,1-3H3/b7-4+. The number of aliphatic hydroxyl groups is 1. The molecule has 60 valence electrons. The van der Waals surface area contributed by atoms with Gasteiger partial charge in [0.05, 0.1) is 0 Å². The van der Waals surface area contributed by atoms with Gasteiger partial charge in [-0.1, -0.05) is 0 Å². The lowest BCUT2D eigenvalue weighted by molar-refractivity contribution is 0.200. The number of rotatable bonds is 3. The zero-order valence-electron chi connectivity index (χ0n) is 6.63. The molecule has 0 fully saturated rings. The zero-order chi connectivity index (χ0) is 8.15. The number of likely N-dealkylation sites (N-methyl/N-ethyl adjacent to an activating group) is 1. The molecule has 1 unspecified atom stereocenters. The summed E-state index contributed by atoms with van der Waals surface area (Å²) in [5, 5.41) is 8.67.